The van der Waals surface area contributed by atoms with Crippen molar-refractivity contribution in [3.8, 4) is 5.75 Å². The molecular weight excluding hydrogens is 152 g/mol. The monoisotopic (exact) mass is 164 g/mol. The van der Waals surface area contributed by atoms with Crippen molar-refractivity contribution in [2.45, 2.75) is 6.92 Å². The zero-order valence-corrected chi connectivity index (χ0v) is 7.22. The average molecular weight is 164 g/mol. The van der Waals surface area contributed by atoms with Crippen LogP contribution in [0.5, 0.6) is 5.75 Å². The van der Waals surface area contributed by atoms with Gasteiger partial charge in [-0.2, -0.15) is 0 Å². The van der Waals surface area contributed by atoms with E-state index in [-0.39, 0.29) is 5.84 Å². The second kappa shape index (κ2) is 3.26. The predicted octanol–water partition coefficient (Wildman–Crippen LogP) is 1.29. The summed E-state index contributed by atoms with van der Waals surface area (Å²) < 4.78 is 5.07. The molecule has 1 rings (SSSR count). The van der Waals surface area contributed by atoms with Gasteiger partial charge in [0.1, 0.15) is 11.6 Å². The summed E-state index contributed by atoms with van der Waals surface area (Å²) in [5.41, 5.74) is 7.03. The van der Waals surface area contributed by atoms with Crippen molar-refractivity contribution in [1.29, 1.82) is 5.41 Å². The molecule has 0 amide bonds. The Hall–Kier alpha value is -1.51. The van der Waals surface area contributed by atoms with Crippen molar-refractivity contribution in [2.75, 3.05) is 7.11 Å². The maximum Gasteiger partial charge on any atom is 0.130 e. The molecule has 0 aliphatic rings. The summed E-state index contributed by atoms with van der Waals surface area (Å²) >= 11 is 0. The molecule has 0 bridgehead atoms. The first-order valence-corrected chi connectivity index (χ1v) is 3.65. The normalized spacial score (nSPS) is 9.50. The number of nitrogens with two attached hydrogens (primary N) is 1. The van der Waals surface area contributed by atoms with Crippen molar-refractivity contribution in [3.05, 3.63) is 29.3 Å². The van der Waals surface area contributed by atoms with Gasteiger partial charge in [0.25, 0.3) is 0 Å². The largest absolute Gasteiger partial charge is 0.496 e. The molecule has 0 aliphatic carbocycles. The third-order valence-electron chi connectivity index (χ3n) is 1.72. The molecule has 0 radical (unpaired) electrons. The number of nitrogen functional groups attached to an aromatic ring is 1. The van der Waals surface area contributed by atoms with Crippen LogP contribution in [0.2, 0.25) is 0 Å². The molecule has 3 N–H and O–H groups in total. The van der Waals surface area contributed by atoms with Crippen molar-refractivity contribution in [1.82, 2.24) is 0 Å². The van der Waals surface area contributed by atoms with E-state index in [1.807, 2.05) is 19.1 Å². The van der Waals surface area contributed by atoms with Gasteiger partial charge in [0.05, 0.1) is 12.7 Å². The number of hydrogen-bond donors (Lipinski definition) is 2. The van der Waals surface area contributed by atoms with Crippen molar-refractivity contribution < 1.29 is 4.74 Å². The van der Waals surface area contributed by atoms with Crippen LogP contribution in [0.25, 0.3) is 0 Å². The molecule has 0 saturated carbocycles. The summed E-state index contributed by atoms with van der Waals surface area (Å²) in [5, 5.41) is 7.32. The lowest BCUT2D eigenvalue weighted by molar-refractivity contribution is 0.413. The maximum atomic E-state index is 7.32. The van der Waals surface area contributed by atoms with Gasteiger partial charge in [-0.25, -0.2) is 0 Å². The van der Waals surface area contributed by atoms with Gasteiger partial charge in [0, 0.05) is 0 Å². The smallest absolute Gasteiger partial charge is 0.130 e. The van der Waals surface area contributed by atoms with Gasteiger partial charge in [-0.1, -0.05) is 12.1 Å². The Morgan fingerprint density at radius 3 is 2.58 bits per heavy atom. The van der Waals surface area contributed by atoms with Crippen LogP contribution in [0.4, 0.5) is 0 Å². The van der Waals surface area contributed by atoms with Crippen LogP contribution in [-0.2, 0) is 0 Å². The van der Waals surface area contributed by atoms with E-state index in [0.717, 1.165) is 5.56 Å². The molecule has 0 aliphatic heterocycles. The lowest BCUT2D eigenvalue weighted by Crippen LogP contribution is -2.14. The summed E-state index contributed by atoms with van der Waals surface area (Å²) in [6.45, 7) is 1.90. The maximum absolute atomic E-state index is 7.32. The average Bonchev–Trinajstić information content (AvgIpc) is 2.03. The van der Waals surface area contributed by atoms with Gasteiger partial charge in [-0.15, -0.1) is 0 Å². The number of nitrogens with one attached hydrogen (secondary N) is 1. The van der Waals surface area contributed by atoms with Gasteiger partial charge in [0.15, 0.2) is 0 Å². The molecule has 0 unspecified atom stereocenters. The topological polar surface area (TPSA) is 59.1 Å². The summed E-state index contributed by atoms with van der Waals surface area (Å²) in [4.78, 5) is 0. The van der Waals surface area contributed by atoms with Gasteiger partial charge in [-0.05, 0) is 18.6 Å². The molecule has 0 spiro atoms. The molecule has 64 valence electrons. The lowest BCUT2D eigenvalue weighted by atomic mass is 10.1. The minimum atomic E-state index is 0.0463. The van der Waals surface area contributed by atoms with Crippen LogP contribution in [-0.4, -0.2) is 12.9 Å². The Labute approximate surface area is 71.7 Å². The third-order valence-corrected chi connectivity index (χ3v) is 1.72. The van der Waals surface area contributed by atoms with E-state index in [0.29, 0.717) is 11.3 Å². The molecule has 0 fully saturated rings. The minimum absolute atomic E-state index is 0.0463. The number of methoxy groups -OCH3 is 1. The fourth-order valence-electron chi connectivity index (χ4n) is 1.16. The zero-order valence-electron chi connectivity index (χ0n) is 7.22. The second-order valence-electron chi connectivity index (χ2n) is 2.57. The number of benzene rings is 1. The predicted molar refractivity (Wildman–Crippen MR) is 48.7 cm³/mol. The van der Waals surface area contributed by atoms with E-state index in [9.17, 15) is 0 Å². The highest BCUT2D eigenvalue weighted by molar-refractivity contribution is 5.99. The van der Waals surface area contributed by atoms with E-state index in [2.05, 4.69) is 0 Å². The Morgan fingerprint density at radius 1 is 1.50 bits per heavy atom. The highest BCUT2D eigenvalue weighted by Crippen LogP contribution is 2.20. The van der Waals surface area contributed by atoms with E-state index >= 15 is 0 Å². The van der Waals surface area contributed by atoms with E-state index < -0.39 is 0 Å². The Morgan fingerprint density at radius 2 is 2.17 bits per heavy atom. The summed E-state index contributed by atoms with van der Waals surface area (Å²) in [6, 6.07) is 5.57. The summed E-state index contributed by atoms with van der Waals surface area (Å²) in [6.07, 6.45) is 0. The molecule has 12 heavy (non-hydrogen) atoms. The first-order valence-electron chi connectivity index (χ1n) is 3.65. The standard InChI is InChI=1S/C9H12N2O/c1-6-4-3-5-7(12-2)8(6)9(10)11/h3-5H,1-2H3,(H3,10,11). The zero-order chi connectivity index (χ0) is 9.14. The van der Waals surface area contributed by atoms with Crippen LogP contribution in [0.1, 0.15) is 11.1 Å². The molecular formula is C9H12N2O. The fraction of sp³-hybridized carbons (Fsp3) is 0.222. The molecule has 1 aromatic rings. The van der Waals surface area contributed by atoms with E-state index in [4.69, 9.17) is 15.9 Å². The van der Waals surface area contributed by atoms with Gasteiger partial charge in [0.2, 0.25) is 0 Å². The molecule has 0 aromatic heterocycles. The van der Waals surface area contributed by atoms with Crippen molar-refractivity contribution >= 4 is 5.84 Å². The Balaban J connectivity index is 3.29. The minimum Gasteiger partial charge on any atom is -0.496 e. The van der Waals surface area contributed by atoms with Crippen LogP contribution < -0.4 is 10.5 Å². The number of rotatable bonds is 2. The van der Waals surface area contributed by atoms with E-state index in [1.165, 1.54) is 0 Å². The number of amidine groups is 1. The van der Waals surface area contributed by atoms with Crippen LogP contribution in [0, 0.1) is 12.3 Å². The number of ether oxygens (including phenoxy) is 1. The molecule has 3 heteroatoms. The van der Waals surface area contributed by atoms with Gasteiger partial charge in [-0.3, -0.25) is 5.41 Å². The second-order valence-corrected chi connectivity index (χ2v) is 2.57. The molecule has 0 atom stereocenters. The van der Waals surface area contributed by atoms with Gasteiger partial charge >= 0.3 is 0 Å². The lowest BCUT2D eigenvalue weighted by Gasteiger charge is -2.08. The Kier molecular flexibility index (Phi) is 2.33. The third kappa shape index (κ3) is 1.39. The SMILES string of the molecule is COc1cccc(C)c1C(=N)N. The molecule has 0 heterocycles. The highest BCUT2D eigenvalue weighted by atomic mass is 16.5. The fourth-order valence-corrected chi connectivity index (χ4v) is 1.16. The molecule has 1 aromatic carbocycles. The van der Waals surface area contributed by atoms with Crippen molar-refractivity contribution in [2.24, 2.45) is 5.73 Å². The van der Waals surface area contributed by atoms with Crippen molar-refractivity contribution in [3.63, 3.8) is 0 Å². The van der Waals surface area contributed by atoms with Crippen LogP contribution in [0.3, 0.4) is 0 Å². The first-order chi connectivity index (χ1) is 5.66. The summed E-state index contributed by atoms with van der Waals surface area (Å²) in [7, 11) is 1.57. The first kappa shape index (κ1) is 8.59. The van der Waals surface area contributed by atoms with Crippen LogP contribution in [0.15, 0.2) is 18.2 Å². The molecule has 0 saturated heterocycles. The van der Waals surface area contributed by atoms with Gasteiger partial charge < -0.3 is 10.5 Å². The summed E-state index contributed by atoms with van der Waals surface area (Å²) in [5.74, 6) is 0.701. The quantitative estimate of drug-likeness (QED) is 0.511. The van der Waals surface area contributed by atoms with E-state index in [1.54, 1.807) is 13.2 Å². The number of aryl methyl sites for hydroxylation is 1. The van der Waals surface area contributed by atoms with Crippen LogP contribution >= 0.6 is 0 Å². The highest BCUT2D eigenvalue weighted by Gasteiger charge is 2.07. The number of hydrogen-bond acceptors (Lipinski definition) is 2. The Bertz CT molecular complexity index is 307. The molecule has 3 nitrogen and oxygen atoms in total.